The van der Waals surface area contributed by atoms with Gasteiger partial charge >= 0.3 is 0 Å². The van der Waals surface area contributed by atoms with Crippen molar-refractivity contribution in [2.45, 2.75) is 16.5 Å². The number of benzene rings is 3. The van der Waals surface area contributed by atoms with Crippen molar-refractivity contribution in [2.24, 2.45) is 0 Å². The molecule has 0 fully saturated rings. The van der Waals surface area contributed by atoms with Crippen molar-refractivity contribution in [3.8, 4) is 11.1 Å². The predicted octanol–water partition coefficient (Wildman–Crippen LogP) is 4.62. The van der Waals surface area contributed by atoms with Crippen LogP contribution in [0.2, 0.25) is 0 Å². The van der Waals surface area contributed by atoms with E-state index in [0.717, 1.165) is 16.3 Å². The highest BCUT2D eigenvalue weighted by atomic mass is 32.2. The molecule has 1 aliphatic carbocycles. The molecule has 8 heteroatoms. The number of thioether (sulfide) groups is 1. The molecule has 1 aromatic heterocycles. The second-order valence-corrected chi connectivity index (χ2v) is 10.9. The van der Waals surface area contributed by atoms with Crippen molar-refractivity contribution in [3.63, 3.8) is 0 Å². The Bertz CT molecular complexity index is 1470. The minimum Gasteiger partial charge on any atom is -0.431 e. The SMILES string of the molecule is CN(C)S(=O)(=O)c1ccc2oc(SCC(=O)c3ccc4c(c3)-c3ccccc3C4)nc2c1. The molecule has 5 rings (SSSR count). The number of aromatic nitrogens is 1. The van der Waals surface area contributed by atoms with E-state index < -0.39 is 10.0 Å². The highest BCUT2D eigenvalue weighted by Gasteiger charge is 2.21. The van der Waals surface area contributed by atoms with E-state index in [-0.39, 0.29) is 16.4 Å². The fourth-order valence-corrected chi connectivity index (χ4v) is 5.48. The van der Waals surface area contributed by atoms with E-state index in [2.05, 4.69) is 17.1 Å². The Morgan fingerprint density at radius 2 is 1.81 bits per heavy atom. The fraction of sp³-hybridized carbons (Fsp3) is 0.167. The van der Waals surface area contributed by atoms with E-state index in [4.69, 9.17) is 4.42 Å². The average Bonchev–Trinajstić information content (AvgIpc) is 3.37. The molecule has 1 heterocycles. The molecule has 3 aromatic carbocycles. The van der Waals surface area contributed by atoms with Gasteiger partial charge in [-0.3, -0.25) is 4.79 Å². The number of ketones is 1. The monoisotopic (exact) mass is 464 g/mol. The first-order valence-corrected chi connectivity index (χ1v) is 12.5. The van der Waals surface area contributed by atoms with Crippen LogP contribution >= 0.6 is 11.8 Å². The number of hydrogen-bond acceptors (Lipinski definition) is 6. The summed E-state index contributed by atoms with van der Waals surface area (Å²) in [6, 6.07) is 18.7. The average molecular weight is 465 g/mol. The molecule has 0 saturated carbocycles. The van der Waals surface area contributed by atoms with Crippen molar-refractivity contribution in [1.82, 2.24) is 9.29 Å². The third-order valence-electron chi connectivity index (χ3n) is 5.57. The van der Waals surface area contributed by atoms with E-state index in [0.29, 0.717) is 21.9 Å². The smallest absolute Gasteiger partial charge is 0.257 e. The molecule has 4 aromatic rings. The molecule has 0 aliphatic heterocycles. The highest BCUT2D eigenvalue weighted by Crippen LogP contribution is 2.37. The lowest BCUT2D eigenvalue weighted by Crippen LogP contribution is -2.22. The maximum atomic E-state index is 12.8. The molecule has 0 radical (unpaired) electrons. The first-order chi connectivity index (χ1) is 15.3. The van der Waals surface area contributed by atoms with Crippen molar-refractivity contribution >= 4 is 38.7 Å². The molecule has 0 unspecified atom stereocenters. The van der Waals surface area contributed by atoms with Crippen LogP contribution in [0, 0.1) is 0 Å². The molecular weight excluding hydrogens is 444 g/mol. The normalized spacial score (nSPS) is 12.8. The topological polar surface area (TPSA) is 80.5 Å². The molecule has 0 bridgehead atoms. The summed E-state index contributed by atoms with van der Waals surface area (Å²) in [6.45, 7) is 0. The third-order valence-corrected chi connectivity index (χ3v) is 8.20. The first-order valence-electron chi connectivity index (χ1n) is 10.0. The van der Waals surface area contributed by atoms with Crippen LogP contribution in [0.15, 0.2) is 75.2 Å². The predicted molar refractivity (Wildman–Crippen MR) is 125 cm³/mol. The van der Waals surface area contributed by atoms with Gasteiger partial charge in [-0.25, -0.2) is 17.7 Å². The van der Waals surface area contributed by atoms with Gasteiger partial charge < -0.3 is 4.42 Å². The van der Waals surface area contributed by atoms with Gasteiger partial charge in [-0.1, -0.05) is 48.2 Å². The van der Waals surface area contributed by atoms with Gasteiger partial charge in [0.05, 0.1) is 10.6 Å². The lowest BCUT2D eigenvalue weighted by Gasteiger charge is -2.10. The molecule has 0 saturated heterocycles. The quantitative estimate of drug-likeness (QED) is 0.269. The van der Waals surface area contributed by atoms with Crippen LogP contribution in [-0.2, 0) is 16.4 Å². The first kappa shape index (κ1) is 20.9. The number of sulfonamides is 1. The molecule has 0 atom stereocenters. The summed E-state index contributed by atoms with van der Waals surface area (Å²) in [6.07, 6.45) is 0.892. The van der Waals surface area contributed by atoms with Crippen LogP contribution in [0.5, 0.6) is 0 Å². The summed E-state index contributed by atoms with van der Waals surface area (Å²) in [5.74, 6) is 0.163. The van der Waals surface area contributed by atoms with E-state index in [1.807, 2.05) is 30.3 Å². The Balaban J connectivity index is 1.34. The van der Waals surface area contributed by atoms with Crippen LogP contribution in [-0.4, -0.2) is 43.3 Å². The molecular formula is C24H20N2O4S2. The number of rotatable bonds is 6. The lowest BCUT2D eigenvalue weighted by molar-refractivity contribution is 0.102. The number of fused-ring (bicyclic) bond motifs is 4. The lowest BCUT2D eigenvalue weighted by atomic mass is 10.0. The van der Waals surface area contributed by atoms with Crippen molar-refractivity contribution < 1.29 is 17.6 Å². The van der Waals surface area contributed by atoms with Crippen LogP contribution in [0.3, 0.4) is 0 Å². The zero-order valence-corrected chi connectivity index (χ0v) is 19.2. The molecule has 162 valence electrons. The summed E-state index contributed by atoms with van der Waals surface area (Å²) in [7, 11) is -0.599. The van der Waals surface area contributed by atoms with Gasteiger partial charge in [-0.2, -0.15) is 0 Å². The molecule has 0 N–H and O–H groups in total. The number of carbonyl (C=O) groups is 1. The van der Waals surface area contributed by atoms with Crippen LogP contribution in [0.1, 0.15) is 21.5 Å². The van der Waals surface area contributed by atoms with Gasteiger partial charge in [0, 0.05) is 19.7 Å². The zero-order valence-electron chi connectivity index (χ0n) is 17.5. The molecule has 0 spiro atoms. The Labute approximate surface area is 190 Å². The standard InChI is InChI=1S/C24H20N2O4S2/c1-26(2)32(28,29)18-9-10-23-21(13-18)25-24(30-23)31-14-22(27)17-8-7-16-11-15-5-3-4-6-19(15)20(16)12-17/h3-10,12-13H,11,14H2,1-2H3. The zero-order chi connectivity index (χ0) is 22.5. The van der Waals surface area contributed by atoms with Gasteiger partial charge in [0.1, 0.15) is 5.52 Å². The highest BCUT2D eigenvalue weighted by molar-refractivity contribution is 7.99. The van der Waals surface area contributed by atoms with Crippen LogP contribution in [0.25, 0.3) is 22.2 Å². The summed E-state index contributed by atoms with van der Waals surface area (Å²) in [5.41, 5.74) is 6.40. The maximum absolute atomic E-state index is 12.8. The molecule has 0 amide bonds. The van der Waals surface area contributed by atoms with Gasteiger partial charge in [0.15, 0.2) is 11.4 Å². The molecule has 32 heavy (non-hydrogen) atoms. The number of hydrogen-bond donors (Lipinski definition) is 0. The fourth-order valence-electron chi connectivity index (χ4n) is 3.83. The Morgan fingerprint density at radius 1 is 1.03 bits per heavy atom. The minimum absolute atomic E-state index is 0.0136. The van der Waals surface area contributed by atoms with Gasteiger partial charge in [-0.15, -0.1) is 0 Å². The Morgan fingerprint density at radius 3 is 2.62 bits per heavy atom. The van der Waals surface area contributed by atoms with Crippen molar-refractivity contribution in [3.05, 3.63) is 77.4 Å². The largest absolute Gasteiger partial charge is 0.431 e. The van der Waals surface area contributed by atoms with Gasteiger partial charge in [-0.05, 0) is 52.9 Å². The van der Waals surface area contributed by atoms with Crippen molar-refractivity contribution in [2.75, 3.05) is 19.8 Å². The van der Waals surface area contributed by atoms with E-state index >= 15 is 0 Å². The maximum Gasteiger partial charge on any atom is 0.257 e. The van der Waals surface area contributed by atoms with E-state index in [1.54, 1.807) is 6.07 Å². The summed E-state index contributed by atoms with van der Waals surface area (Å²) < 4.78 is 31.5. The minimum atomic E-state index is -3.56. The summed E-state index contributed by atoms with van der Waals surface area (Å²) >= 11 is 1.20. The Hall–Kier alpha value is -2.94. The van der Waals surface area contributed by atoms with Crippen LogP contribution in [0.4, 0.5) is 0 Å². The summed E-state index contributed by atoms with van der Waals surface area (Å²) in [4.78, 5) is 17.3. The molecule has 6 nitrogen and oxygen atoms in total. The molecule has 1 aliphatic rings. The second kappa shape index (κ2) is 7.88. The number of carbonyl (C=O) groups excluding carboxylic acids is 1. The summed E-state index contributed by atoms with van der Waals surface area (Å²) in [5, 5.41) is 0.333. The number of oxazole rings is 1. The second-order valence-electron chi connectivity index (χ2n) is 7.81. The number of nitrogens with zero attached hydrogens (tertiary/aromatic N) is 2. The van der Waals surface area contributed by atoms with Gasteiger partial charge in [0.2, 0.25) is 10.0 Å². The van der Waals surface area contributed by atoms with E-state index in [1.165, 1.54) is 54.7 Å². The van der Waals surface area contributed by atoms with Gasteiger partial charge in [0.25, 0.3) is 5.22 Å². The van der Waals surface area contributed by atoms with Crippen LogP contribution < -0.4 is 0 Å². The number of Topliss-reactive ketones (excluding diaryl/α,β-unsaturated/α-hetero) is 1. The van der Waals surface area contributed by atoms with E-state index in [9.17, 15) is 13.2 Å². The third kappa shape index (κ3) is 3.64. The Kier molecular flexibility index (Phi) is 5.16. The van der Waals surface area contributed by atoms with Crippen molar-refractivity contribution in [1.29, 1.82) is 0 Å².